The molecule has 3 nitrogen and oxygen atoms in total. The SMILES string of the molecule is CCOCC(NN)c1cccs1. The molecule has 0 aromatic carbocycles. The third-order valence-electron chi connectivity index (χ3n) is 1.58. The van der Waals surface area contributed by atoms with E-state index in [0.717, 1.165) is 6.61 Å². The van der Waals surface area contributed by atoms with Crippen LogP contribution < -0.4 is 11.3 Å². The van der Waals surface area contributed by atoms with Crippen LogP contribution in [0, 0.1) is 0 Å². The molecule has 3 N–H and O–H groups in total. The van der Waals surface area contributed by atoms with E-state index in [1.165, 1.54) is 4.88 Å². The molecule has 0 saturated heterocycles. The third kappa shape index (κ3) is 2.57. The van der Waals surface area contributed by atoms with Crippen molar-refractivity contribution in [1.29, 1.82) is 0 Å². The molecule has 0 aliphatic carbocycles. The van der Waals surface area contributed by atoms with Gasteiger partial charge in [0.25, 0.3) is 0 Å². The second-order valence-corrected chi connectivity index (χ2v) is 3.37. The average Bonchev–Trinajstić information content (AvgIpc) is 2.59. The van der Waals surface area contributed by atoms with Crippen LogP contribution in [0.15, 0.2) is 17.5 Å². The monoisotopic (exact) mass is 186 g/mol. The van der Waals surface area contributed by atoms with E-state index >= 15 is 0 Å². The van der Waals surface area contributed by atoms with Crippen molar-refractivity contribution >= 4 is 11.3 Å². The molecule has 0 saturated carbocycles. The Morgan fingerprint density at radius 3 is 3.08 bits per heavy atom. The van der Waals surface area contributed by atoms with Gasteiger partial charge in [-0.15, -0.1) is 11.3 Å². The Morgan fingerprint density at radius 2 is 2.58 bits per heavy atom. The van der Waals surface area contributed by atoms with Crippen LogP contribution >= 0.6 is 11.3 Å². The number of ether oxygens (including phenoxy) is 1. The van der Waals surface area contributed by atoms with Gasteiger partial charge in [-0.3, -0.25) is 5.84 Å². The van der Waals surface area contributed by atoms with Gasteiger partial charge in [-0.2, -0.15) is 0 Å². The molecule has 0 radical (unpaired) electrons. The molecule has 68 valence electrons. The van der Waals surface area contributed by atoms with Crippen LogP contribution in [-0.4, -0.2) is 13.2 Å². The zero-order chi connectivity index (χ0) is 8.81. The van der Waals surface area contributed by atoms with Gasteiger partial charge in [0.05, 0.1) is 12.6 Å². The van der Waals surface area contributed by atoms with Gasteiger partial charge in [0, 0.05) is 11.5 Å². The van der Waals surface area contributed by atoms with E-state index in [4.69, 9.17) is 10.6 Å². The van der Waals surface area contributed by atoms with Crippen molar-refractivity contribution in [1.82, 2.24) is 5.43 Å². The predicted molar refractivity (Wildman–Crippen MR) is 50.9 cm³/mol. The quantitative estimate of drug-likeness (QED) is 0.538. The van der Waals surface area contributed by atoms with E-state index in [9.17, 15) is 0 Å². The average molecular weight is 186 g/mol. The van der Waals surface area contributed by atoms with Gasteiger partial charge >= 0.3 is 0 Å². The fourth-order valence-electron chi connectivity index (χ4n) is 0.938. The summed E-state index contributed by atoms with van der Waals surface area (Å²) >= 11 is 1.68. The van der Waals surface area contributed by atoms with Crippen LogP contribution in [0.2, 0.25) is 0 Å². The predicted octanol–water partition coefficient (Wildman–Crippen LogP) is 1.29. The molecule has 1 atom stereocenters. The van der Waals surface area contributed by atoms with E-state index in [2.05, 4.69) is 5.43 Å². The second kappa shape index (κ2) is 5.27. The van der Waals surface area contributed by atoms with E-state index < -0.39 is 0 Å². The minimum absolute atomic E-state index is 0.130. The molecule has 1 heterocycles. The van der Waals surface area contributed by atoms with Gasteiger partial charge in [-0.1, -0.05) is 6.07 Å². The maximum atomic E-state index is 5.38. The van der Waals surface area contributed by atoms with E-state index in [1.807, 2.05) is 24.4 Å². The minimum Gasteiger partial charge on any atom is -0.380 e. The minimum atomic E-state index is 0.130. The second-order valence-electron chi connectivity index (χ2n) is 2.39. The molecular formula is C8H14N2OS. The van der Waals surface area contributed by atoms with Crippen molar-refractivity contribution < 1.29 is 4.74 Å². The summed E-state index contributed by atoms with van der Waals surface area (Å²) < 4.78 is 5.27. The first-order valence-corrected chi connectivity index (χ1v) is 4.83. The number of nitrogens with two attached hydrogens (primary N) is 1. The molecular weight excluding hydrogens is 172 g/mol. The Balaban J connectivity index is 2.45. The lowest BCUT2D eigenvalue weighted by atomic mass is 10.3. The van der Waals surface area contributed by atoms with Crippen LogP contribution in [0.1, 0.15) is 17.8 Å². The molecule has 12 heavy (non-hydrogen) atoms. The number of nitrogens with one attached hydrogen (secondary N) is 1. The van der Waals surface area contributed by atoms with Crippen LogP contribution in [-0.2, 0) is 4.74 Å². The number of thiophene rings is 1. The van der Waals surface area contributed by atoms with Gasteiger partial charge in [0.2, 0.25) is 0 Å². The zero-order valence-electron chi connectivity index (χ0n) is 7.12. The molecule has 0 fully saturated rings. The van der Waals surface area contributed by atoms with Gasteiger partial charge in [0.1, 0.15) is 0 Å². The third-order valence-corrected chi connectivity index (χ3v) is 2.56. The van der Waals surface area contributed by atoms with Crippen LogP contribution in [0.25, 0.3) is 0 Å². The van der Waals surface area contributed by atoms with Crippen LogP contribution in [0.3, 0.4) is 0 Å². The van der Waals surface area contributed by atoms with Crippen LogP contribution in [0.4, 0.5) is 0 Å². The Bertz CT molecular complexity index is 201. The summed E-state index contributed by atoms with van der Waals surface area (Å²) in [5, 5.41) is 2.03. The van der Waals surface area contributed by atoms with Crippen molar-refractivity contribution in [2.45, 2.75) is 13.0 Å². The maximum absolute atomic E-state index is 5.38. The summed E-state index contributed by atoms with van der Waals surface area (Å²) in [6, 6.07) is 4.19. The zero-order valence-corrected chi connectivity index (χ0v) is 7.93. The first kappa shape index (κ1) is 9.67. The Morgan fingerprint density at radius 1 is 1.75 bits per heavy atom. The Hall–Kier alpha value is -0.420. The molecule has 1 rings (SSSR count). The summed E-state index contributed by atoms with van der Waals surface area (Å²) in [6.07, 6.45) is 0. The van der Waals surface area contributed by atoms with E-state index in [1.54, 1.807) is 11.3 Å². The lowest BCUT2D eigenvalue weighted by Crippen LogP contribution is -2.30. The lowest BCUT2D eigenvalue weighted by molar-refractivity contribution is 0.124. The van der Waals surface area contributed by atoms with Gasteiger partial charge in [-0.25, -0.2) is 5.43 Å². The number of hydrogen-bond acceptors (Lipinski definition) is 4. The molecule has 1 aromatic heterocycles. The number of rotatable bonds is 5. The van der Waals surface area contributed by atoms with Crippen molar-refractivity contribution in [3.63, 3.8) is 0 Å². The standard InChI is InChI=1S/C8H14N2OS/c1-2-11-6-7(10-9)8-4-3-5-12-8/h3-5,7,10H,2,6,9H2,1H3. The highest BCUT2D eigenvalue weighted by atomic mass is 32.1. The smallest absolute Gasteiger partial charge is 0.0786 e. The molecule has 0 aliphatic rings. The van der Waals surface area contributed by atoms with Crippen molar-refractivity contribution in [3.05, 3.63) is 22.4 Å². The molecule has 0 bridgehead atoms. The fourth-order valence-corrected chi connectivity index (χ4v) is 1.71. The van der Waals surface area contributed by atoms with Crippen molar-refractivity contribution in [3.8, 4) is 0 Å². The first-order valence-electron chi connectivity index (χ1n) is 3.95. The molecule has 4 heteroatoms. The van der Waals surface area contributed by atoms with Gasteiger partial charge < -0.3 is 4.74 Å². The first-order chi connectivity index (χ1) is 5.88. The van der Waals surface area contributed by atoms with Crippen molar-refractivity contribution in [2.24, 2.45) is 5.84 Å². The summed E-state index contributed by atoms with van der Waals surface area (Å²) in [6.45, 7) is 3.33. The topological polar surface area (TPSA) is 47.3 Å². The van der Waals surface area contributed by atoms with E-state index in [0.29, 0.717) is 6.61 Å². The number of hydrazine groups is 1. The summed E-state index contributed by atoms with van der Waals surface area (Å²) in [5.74, 6) is 5.38. The van der Waals surface area contributed by atoms with E-state index in [-0.39, 0.29) is 6.04 Å². The molecule has 1 aromatic rings. The van der Waals surface area contributed by atoms with Crippen LogP contribution in [0.5, 0.6) is 0 Å². The van der Waals surface area contributed by atoms with Crippen molar-refractivity contribution in [2.75, 3.05) is 13.2 Å². The summed E-state index contributed by atoms with van der Waals surface area (Å²) in [5.41, 5.74) is 2.72. The molecule has 1 unspecified atom stereocenters. The number of hydrogen-bond donors (Lipinski definition) is 2. The lowest BCUT2D eigenvalue weighted by Gasteiger charge is -2.13. The highest BCUT2D eigenvalue weighted by molar-refractivity contribution is 7.10. The Kier molecular flexibility index (Phi) is 4.24. The molecule has 0 aliphatic heterocycles. The fraction of sp³-hybridized carbons (Fsp3) is 0.500. The summed E-state index contributed by atoms with van der Waals surface area (Å²) in [7, 11) is 0. The molecule has 0 spiro atoms. The molecule has 0 amide bonds. The maximum Gasteiger partial charge on any atom is 0.0786 e. The highest BCUT2D eigenvalue weighted by Crippen LogP contribution is 2.17. The highest BCUT2D eigenvalue weighted by Gasteiger charge is 2.09. The van der Waals surface area contributed by atoms with Gasteiger partial charge in [0.15, 0.2) is 0 Å². The Labute approximate surface area is 76.5 Å². The largest absolute Gasteiger partial charge is 0.380 e. The summed E-state index contributed by atoms with van der Waals surface area (Å²) in [4.78, 5) is 1.21. The normalized spacial score (nSPS) is 13.2. The van der Waals surface area contributed by atoms with Gasteiger partial charge in [-0.05, 0) is 18.4 Å².